The van der Waals surface area contributed by atoms with Gasteiger partial charge in [-0.3, -0.25) is 4.79 Å². The number of benzene rings is 1. The van der Waals surface area contributed by atoms with Crippen molar-refractivity contribution in [3.63, 3.8) is 0 Å². The van der Waals surface area contributed by atoms with E-state index in [9.17, 15) is 4.79 Å². The van der Waals surface area contributed by atoms with Gasteiger partial charge in [0.1, 0.15) is 11.6 Å². The minimum atomic E-state index is -0.788. The summed E-state index contributed by atoms with van der Waals surface area (Å²) in [6, 6.07) is 8.52. The Morgan fingerprint density at radius 3 is 2.35 bits per heavy atom. The lowest BCUT2D eigenvalue weighted by Crippen LogP contribution is -2.12. The first-order chi connectivity index (χ1) is 8.04. The van der Waals surface area contributed by atoms with Crippen LogP contribution in [0.2, 0.25) is 5.02 Å². The van der Waals surface area contributed by atoms with Crippen molar-refractivity contribution in [2.24, 2.45) is 5.73 Å². The van der Waals surface area contributed by atoms with Crippen LogP contribution in [0.25, 0.3) is 5.03 Å². The van der Waals surface area contributed by atoms with Gasteiger partial charge < -0.3 is 5.73 Å². The molecule has 5 heteroatoms. The van der Waals surface area contributed by atoms with Gasteiger partial charge in [-0.1, -0.05) is 35.3 Å². The van der Waals surface area contributed by atoms with Crippen molar-refractivity contribution in [2.45, 2.75) is 0 Å². The number of nitrogens with zero attached hydrogens (tertiary/aromatic N) is 1. The van der Waals surface area contributed by atoms with Crippen LogP contribution in [-0.2, 0) is 4.79 Å². The second kappa shape index (κ2) is 6.09. The Bertz CT molecular complexity index is 524. The minimum Gasteiger partial charge on any atom is -0.365 e. The van der Waals surface area contributed by atoms with E-state index in [1.807, 2.05) is 0 Å². The van der Waals surface area contributed by atoms with Crippen LogP contribution in [0.3, 0.4) is 0 Å². The lowest BCUT2D eigenvalue weighted by Gasteiger charge is -1.98. The summed E-state index contributed by atoms with van der Waals surface area (Å²) < 4.78 is 0. The van der Waals surface area contributed by atoms with Crippen molar-refractivity contribution < 1.29 is 4.79 Å². The van der Waals surface area contributed by atoms with Crippen LogP contribution < -0.4 is 5.73 Å². The molecule has 0 aromatic heterocycles. The van der Waals surface area contributed by atoms with Gasteiger partial charge in [0.25, 0.3) is 5.91 Å². The summed E-state index contributed by atoms with van der Waals surface area (Å²) in [5, 5.41) is 9.59. The molecule has 1 amide bonds. The number of rotatable bonds is 3. The maximum Gasteiger partial charge on any atom is 0.259 e. The Labute approximate surface area is 109 Å². The normalized spacial score (nSPS) is 12.1. The molecular formula is C12H8Cl2N2O. The zero-order valence-corrected chi connectivity index (χ0v) is 10.2. The fraction of sp³-hybridized carbons (Fsp3) is 0. The van der Waals surface area contributed by atoms with E-state index in [0.717, 1.165) is 5.56 Å². The molecule has 0 bridgehead atoms. The zero-order valence-electron chi connectivity index (χ0n) is 8.65. The second-order valence-corrected chi connectivity index (χ2v) is 3.92. The van der Waals surface area contributed by atoms with Crippen molar-refractivity contribution in [1.82, 2.24) is 0 Å². The maximum absolute atomic E-state index is 10.8. The Kier molecular flexibility index (Phi) is 4.77. The summed E-state index contributed by atoms with van der Waals surface area (Å²) in [6.07, 6.45) is 2.72. The van der Waals surface area contributed by atoms with Crippen molar-refractivity contribution in [3.05, 3.63) is 52.6 Å². The SMILES string of the molecule is N#C/C(=C/C=C(/Cl)c1ccc(Cl)cc1)C(N)=O. The summed E-state index contributed by atoms with van der Waals surface area (Å²) in [4.78, 5) is 10.8. The van der Waals surface area contributed by atoms with E-state index < -0.39 is 5.91 Å². The summed E-state index contributed by atoms with van der Waals surface area (Å²) in [5.41, 5.74) is 5.55. The first-order valence-electron chi connectivity index (χ1n) is 4.58. The molecule has 0 heterocycles. The van der Waals surface area contributed by atoms with Gasteiger partial charge in [0.15, 0.2) is 0 Å². The average molecular weight is 267 g/mol. The molecule has 1 aromatic carbocycles. The van der Waals surface area contributed by atoms with Gasteiger partial charge in [0.05, 0.1) is 0 Å². The summed E-state index contributed by atoms with van der Waals surface area (Å²) in [7, 11) is 0. The smallest absolute Gasteiger partial charge is 0.259 e. The predicted octanol–water partition coefficient (Wildman–Crippen LogP) is 2.85. The van der Waals surface area contributed by atoms with Gasteiger partial charge in [0.2, 0.25) is 0 Å². The molecule has 0 atom stereocenters. The molecule has 0 unspecified atom stereocenters. The number of carbonyl (C=O) groups is 1. The van der Waals surface area contributed by atoms with Gasteiger partial charge in [-0.25, -0.2) is 0 Å². The summed E-state index contributed by atoms with van der Waals surface area (Å²) in [6.45, 7) is 0. The molecule has 0 saturated heterocycles. The number of amides is 1. The van der Waals surface area contributed by atoms with E-state index in [-0.39, 0.29) is 5.57 Å². The Hall–Kier alpha value is -1.76. The standard InChI is InChI=1S/C12H8Cl2N2O/c13-10-4-1-8(2-5-10)11(14)6-3-9(7-15)12(16)17/h1-6H,(H2,16,17)/b9-3-,11-6+. The Morgan fingerprint density at radius 1 is 1.29 bits per heavy atom. The van der Waals surface area contributed by atoms with Gasteiger partial charge in [-0.2, -0.15) is 5.26 Å². The molecule has 0 aliphatic carbocycles. The fourth-order valence-electron chi connectivity index (χ4n) is 1.04. The third kappa shape index (κ3) is 3.95. The van der Waals surface area contributed by atoms with Crippen LogP contribution in [-0.4, -0.2) is 5.91 Å². The highest BCUT2D eigenvalue weighted by Crippen LogP contribution is 2.21. The number of allylic oxidation sites excluding steroid dienone is 2. The van der Waals surface area contributed by atoms with Crippen LogP contribution >= 0.6 is 23.2 Å². The lowest BCUT2D eigenvalue weighted by molar-refractivity contribution is -0.114. The topological polar surface area (TPSA) is 66.9 Å². The molecule has 1 aromatic rings. The van der Waals surface area contributed by atoms with E-state index in [1.54, 1.807) is 30.3 Å². The minimum absolute atomic E-state index is 0.155. The number of halogens is 2. The molecule has 86 valence electrons. The quantitative estimate of drug-likeness (QED) is 0.519. The highest BCUT2D eigenvalue weighted by atomic mass is 35.5. The first-order valence-corrected chi connectivity index (χ1v) is 5.33. The van der Waals surface area contributed by atoms with Gasteiger partial charge >= 0.3 is 0 Å². The summed E-state index contributed by atoms with van der Waals surface area (Å²) in [5.74, 6) is -0.788. The molecule has 0 spiro atoms. The highest BCUT2D eigenvalue weighted by Gasteiger charge is 2.02. The number of primary amides is 1. The summed E-state index contributed by atoms with van der Waals surface area (Å²) >= 11 is 11.7. The molecule has 0 aliphatic rings. The molecule has 2 N–H and O–H groups in total. The van der Waals surface area contributed by atoms with Crippen molar-refractivity contribution in [3.8, 4) is 6.07 Å². The van der Waals surface area contributed by atoms with E-state index >= 15 is 0 Å². The number of hydrogen-bond donors (Lipinski definition) is 1. The Balaban J connectivity index is 2.98. The number of carbonyl (C=O) groups excluding carboxylic acids is 1. The first kappa shape index (κ1) is 13.3. The van der Waals surface area contributed by atoms with Crippen LogP contribution in [0.1, 0.15) is 5.56 Å². The maximum atomic E-state index is 10.8. The molecule has 0 aliphatic heterocycles. The van der Waals surface area contributed by atoms with Gasteiger partial charge in [0, 0.05) is 10.1 Å². The molecule has 0 saturated carbocycles. The largest absolute Gasteiger partial charge is 0.365 e. The second-order valence-electron chi connectivity index (χ2n) is 3.08. The molecule has 0 fully saturated rings. The third-order valence-electron chi connectivity index (χ3n) is 1.90. The fourth-order valence-corrected chi connectivity index (χ4v) is 1.35. The number of nitriles is 1. The van der Waals surface area contributed by atoms with Crippen LogP contribution in [0.4, 0.5) is 0 Å². The number of hydrogen-bond acceptors (Lipinski definition) is 2. The Morgan fingerprint density at radius 2 is 1.88 bits per heavy atom. The molecular weight excluding hydrogens is 259 g/mol. The molecule has 1 rings (SSSR count). The van der Waals surface area contributed by atoms with Crippen LogP contribution in [0.5, 0.6) is 0 Å². The predicted molar refractivity (Wildman–Crippen MR) is 68.2 cm³/mol. The molecule has 0 radical (unpaired) electrons. The van der Waals surface area contributed by atoms with Crippen molar-refractivity contribution >= 4 is 34.1 Å². The van der Waals surface area contributed by atoms with Gasteiger partial charge in [-0.15, -0.1) is 0 Å². The lowest BCUT2D eigenvalue weighted by atomic mass is 10.2. The zero-order chi connectivity index (χ0) is 12.8. The highest BCUT2D eigenvalue weighted by molar-refractivity contribution is 6.49. The molecule has 3 nitrogen and oxygen atoms in total. The number of nitrogens with two attached hydrogens (primary N) is 1. The van der Waals surface area contributed by atoms with E-state index in [0.29, 0.717) is 10.1 Å². The van der Waals surface area contributed by atoms with Crippen molar-refractivity contribution in [1.29, 1.82) is 5.26 Å². The average Bonchev–Trinajstić information content (AvgIpc) is 2.30. The van der Waals surface area contributed by atoms with Crippen molar-refractivity contribution in [2.75, 3.05) is 0 Å². The van der Waals surface area contributed by atoms with E-state index in [4.69, 9.17) is 34.2 Å². The van der Waals surface area contributed by atoms with E-state index in [2.05, 4.69) is 0 Å². The third-order valence-corrected chi connectivity index (χ3v) is 2.50. The van der Waals surface area contributed by atoms with Crippen LogP contribution in [0.15, 0.2) is 42.0 Å². The van der Waals surface area contributed by atoms with Gasteiger partial charge in [-0.05, 0) is 29.8 Å². The molecule has 17 heavy (non-hydrogen) atoms. The van der Waals surface area contributed by atoms with Crippen LogP contribution in [0, 0.1) is 11.3 Å². The monoisotopic (exact) mass is 266 g/mol. The van der Waals surface area contributed by atoms with E-state index in [1.165, 1.54) is 12.2 Å².